The van der Waals surface area contributed by atoms with Crippen molar-refractivity contribution in [2.24, 2.45) is 0 Å². The molecule has 0 N–H and O–H groups in total. The van der Waals surface area contributed by atoms with E-state index in [1.165, 1.54) is 62.0 Å². The van der Waals surface area contributed by atoms with Crippen LogP contribution >= 0.6 is 188 Å². The Kier molecular flexibility index (Phi) is 18.1. The summed E-state index contributed by atoms with van der Waals surface area (Å²) in [5, 5.41) is 0. The molecule has 1 aromatic rings. The molecule has 46 heavy (non-hydrogen) atoms. The van der Waals surface area contributed by atoms with Crippen LogP contribution in [-0.4, -0.2) is 37.5 Å². The second-order valence-electron chi connectivity index (χ2n) is 8.68. The molecule has 4 aliphatic rings. The predicted molar refractivity (Wildman–Crippen MR) is 251 cm³/mol. The van der Waals surface area contributed by atoms with Crippen LogP contribution in [0.5, 0.6) is 0 Å². The molecule has 0 aromatic heterocycles. The third-order valence-electron chi connectivity index (χ3n) is 5.80. The fraction of sp³-hybridized carbons (Fsp3) is 0.267. The highest BCUT2D eigenvalue weighted by Crippen LogP contribution is 2.60. The molecule has 246 valence electrons. The van der Waals surface area contributed by atoms with Crippen LogP contribution in [0.2, 0.25) is 0 Å². The molecule has 0 fully saturated rings. The van der Waals surface area contributed by atoms with Gasteiger partial charge in [0.2, 0.25) is 0 Å². The highest BCUT2D eigenvalue weighted by atomic mass is 32.3. The SMILES string of the molecule is CSC1=C(SC)SC(=C/C=C2/SC(SC)=C(SCc3ccc(CSC4=C(SC)S/C(=C/C=C5SC(SC)=C(SC)S5)S4)cc3)S2)S1. The first kappa shape index (κ1) is 39.9. The van der Waals surface area contributed by atoms with Gasteiger partial charge in [0.05, 0.1) is 50.8 Å². The lowest BCUT2D eigenvalue weighted by Crippen LogP contribution is -1.84. The van der Waals surface area contributed by atoms with Gasteiger partial charge in [0.25, 0.3) is 0 Å². The Morgan fingerprint density at radius 2 is 0.587 bits per heavy atom. The molecule has 4 aliphatic heterocycles. The summed E-state index contributed by atoms with van der Waals surface area (Å²) in [7, 11) is 0. The number of hydrogen-bond acceptors (Lipinski definition) is 16. The molecule has 0 bridgehead atoms. The van der Waals surface area contributed by atoms with Gasteiger partial charge >= 0.3 is 0 Å². The summed E-state index contributed by atoms with van der Waals surface area (Å²) in [5.41, 5.74) is 2.77. The van der Waals surface area contributed by atoms with Crippen molar-refractivity contribution in [1.29, 1.82) is 0 Å². The van der Waals surface area contributed by atoms with E-state index in [-0.39, 0.29) is 0 Å². The van der Waals surface area contributed by atoms with Crippen molar-refractivity contribution in [2.75, 3.05) is 37.5 Å². The molecule has 0 amide bonds. The van der Waals surface area contributed by atoms with E-state index >= 15 is 0 Å². The minimum atomic E-state index is 0.999. The van der Waals surface area contributed by atoms with E-state index in [0.717, 1.165) is 11.5 Å². The topological polar surface area (TPSA) is 0 Å². The Morgan fingerprint density at radius 3 is 0.826 bits per heavy atom. The first-order valence-corrected chi connectivity index (χ1v) is 29.1. The number of benzene rings is 1. The maximum absolute atomic E-state index is 2.32. The average molecular weight is 904 g/mol. The van der Waals surface area contributed by atoms with Gasteiger partial charge in [-0.05, 0) is 73.0 Å². The minimum absolute atomic E-state index is 0.999. The zero-order valence-corrected chi connectivity index (χ0v) is 38.6. The van der Waals surface area contributed by atoms with E-state index in [2.05, 4.69) is 86.1 Å². The number of hydrogen-bond donors (Lipinski definition) is 0. The van der Waals surface area contributed by atoms with Crippen molar-refractivity contribution in [3.05, 3.63) is 111 Å². The molecular weight excluding hydrogens is 873 g/mol. The first-order valence-electron chi connectivity index (χ1n) is 13.3. The Hall–Kier alpha value is 2.74. The van der Waals surface area contributed by atoms with E-state index in [4.69, 9.17) is 0 Å². The first-order chi connectivity index (χ1) is 22.5. The summed E-state index contributed by atoms with van der Waals surface area (Å²) >= 11 is 30.4. The molecule has 0 radical (unpaired) electrons. The third-order valence-corrected chi connectivity index (χ3v) is 26.7. The summed E-state index contributed by atoms with van der Waals surface area (Å²) < 4.78 is 16.9. The van der Waals surface area contributed by atoms with E-state index in [9.17, 15) is 0 Å². The van der Waals surface area contributed by atoms with Crippen molar-refractivity contribution in [3.8, 4) is 0 Å². The van der Waals surface area contributed by atoms with Gasteiger partial charge in [-0.25, -0.2) is 0 Å². The Labute approximate surface area is 343 Å². The summed E-state index contributed by atoms with van der Waals surface area (Å²) in [6.45, 7) is 0. The molecule has 0 saturated carbocycles. The maximum atomic E-state index is 2.32. The fourth-order valence-electron chi connectivity index (χ4n) is 3.65. The highest BCUT2D eigenvalue weighted by Gasteiger charge is 2.24. The molecule has 1 aromatic carbocycles. The number of thioether (sulfide) groups is 16. The lowest BCUT2D eigenvalue weighted by Gasteiger charge is -2.06. The van der Waals surface area contributed by atoms with Crippen LogP contribution < -0.4 is 0 Å². The molecule has 0 nitrogen and oxygen atoms in total. The third kappa shape index (κ3) is 11.4. The smallest absolute Gasteiger partial charge is 0.0663 e. The van der Waals surface area contributed by atoms with E-state index in [1.54, 1.807) is 0 Å². The van der Waals surface area contributed by atoms with E-state index in [1.807, 2.05) is 188 Å². The van der Waals surface area contributed by atoms with Crippen LogP contribution in [0.15, 0.2) is 99.4 Å². The lowest BCUT2D eigenvalue weighted by atomic mass is 10.2. The quantitative estimate of drug-likeness (QED) is 0.174. The minimum Gasteiger partial charge on any atom is -0.121 e. The molecule has 0 saturated heterocycles. The van der Waals surface area contributed by atoms with Crippen molar-refractivity contribution >= 4 is 188 Å². The number of rotatable bonds is 14. The molecule has 0 unspecified atom stereocenters. The molecule has 0 spiro atoms. The zero-order chi connectivity index (χ0) is 32.5. The Bertz CT molecular complexity index is 1390. The van der Waals surface area contributed by atoms with Crippen LogP contribution in [0.1, 0.15) is 11.1 Å². The molecular formula is C30H30S16. The summed E-state index contributed by atoms with van der Waals surface area (Å²) in [5.74, 6) is 2.00. The van der Waals surface area contributed by atoms with Gasteiger partial charge in [-0.15, -0.1) is 94.1 Å². The van der Waals surface area contributed by atoms with Gasteiger partial charge in [-0.3, -0.25) is 0 Å². The normalized spacial score (nSPS) is 20.7. The monoisotopic (exact) mass is 902 g/mol. The van der Waals surface area contributed by atoms with Crippen LogP contribution in [-0.2, 0) is 11.5 Å². The summed E-state index contributed by atoms with van der Waals surface area (Å²) in [4.78, 5) is 0. The highest BCUT2D eigenvalue weighted by molar-refractivity contribution is 8.42. The molecule has 0 aliphatic carbocycles. The standard InChI is InChI=1S/C30H30S16/c1-31-23-24(32-2)40-19(39-23)11-13-21-43-27(35-5)29(45-21)37-15-17-7-9-18(10-8-17)16-38-30-28(36-6)44-22(46-30)14-12-20-41-25(33-3)26(34-4)42-20/h7-14H,15-16H2,1-6H3/b21-13-,22-14-. The second-order valence-corrected chi connectivity index (χ2v) is 27.1. The zero-order valence-electron chi connectivity index (χ0n) is 25.6. The largest absolute Gasteiger partial charge is 0.121 e. The molecule has 4 heterocycles. The van der Waals surface area contributed by atoms with Crippen molar-refractivity contribution in [3.63, 3.8) is 0 Å². The average Bonchev–Trinajstić information content (AvgIpc) is 3.88. The van der Waals surface area contributed by atoms with Crippen molar-refractivity contribution < 1.29 is 0 Å². The van der Waals surface area contributed by atoms with Gasteiger partial charge in [0.1, 0.15) is 0 Å². The van der Waals surface area contributed by atoms with Gasteiger partial charge in [-0.1, -0.05) is 118 Å². The van der Waals surface area contributed by atoms with Crippen LogP contribution in [0.25, 0.3) is 0 Å². The predicted octanol–water partition coefficient (Wildman–Crippen LogP) is 16.1. The van der Waals surface area contributed by atoms with Crippen LogP contribution in [0.4, 0.5) is 0 Å². The van der Waals surface area contributed by atoms with Crippen molar-refractivity contribution in [2.45, 2.75) is 11.5 Å². The Balaban J connectivity index is 1.09. The summed E-state index contributed by atoms with van der Waals surface area (Å²) in [6.07, 6.45) is 22.3. The fourth-order valence-corrected chi connectivity index (χ4v) is 23.7. The molecule has 16 heteroatoms. The lowest BCUT2D eigenvalue weighted by molar-refractivity contribution is 1.35. The van der Waals surface area contributed by atoms with Gasteiger partial charge in [0.15, 0.2) is 0 Å². The maximum Gasteiger partial charge on any atom is 0.0663 e. The molecule has 0 atom stereocenters. The summed E-state index contributed by atoms with van der Waals surface area (Å²) in [6, 6.07) is 9.27. The molecule has 5 rings (SSSR count). The van der Waals surface area contributed by atoms with Gasteiger partial charge in [-0.2, -0.15) is 0 Å². The number of allylic oxidation sites excluding steroid dienone is 4. The van der Waals surface area contributed by atoms with Gasteiger partial charge in [0, 0.05) is 11.5 Å². The van der Waals surface area contributed by atoms with Crippen LogP contribution in [0, 0.1) is 0 Å². The van der Waals surface area contributed by atoms with Crippen LogP contribution in [0.3, 0.4) is 0 Å². The Morgan fingerprint density at radius 1 is 0.370 bits per heavy atom. The van der Waals surface area contributed by atoms with E-state index in [0.29, 0.717) is 0 Å². The van der Waals surface area contributed by atoms with E-state index < -0.39 is 0 Å². The second kappa shape index (κ2) is 20.8. The van der Waals surface area contributed by atoms with Crippen molar-refractivity contribution in [1.82, 2.24) is 0 Å². The van der Waals surface area contributed by atoms with Gasteiger partial charge < -0.3 is 0 Å².